The van der Waals surface area contributed by atoms with Crippen LogP contribution in [0.3, 0.4) is 0 Å². The molecule has 0 spiro atoms. The molecule has 15 heavy (non-hydrogen) atoms. The van der Waals surface area contributed by atoms with Crippen molar-refractivity contribution in [2.45, 2.75) is 29.8 Å². The Morgan fingerprint density at radius 3 is 2.60 bits per heavy atom. The Morgan fingerprint density at radius 1 is 1.47 bits per heavy atom. The lowest BCUT2D eigenvalue weighted by Crippen LogP contribution is -2.56. The van der Waals surface area contributed by atoms with E-state index in [1.54, 1.807) is 0 Å². The second kappa shape index (κ2) is 5.59. The Hall–Kier alpha value is -0.435. The van der Waals surface area contributed by atoms with Crippen LogP contribution in [0.25, 0.3) is 10.4 Å². The van der Waals surface area contributed by atoms with Gasteiger partial charge in [-0.1, -0.05) is 5.11 Å². The van der Waals surface area contributed by atoms with Gasteiger partial charge in [-0.3, -0.25) is 0 Å². The van der Waals surface area contributed by atoms with Gasteiger partial charge >= 0.3 is 0 Å². The molecule has 7 nitrogen and oxygen atoms in total. The van der Waals surface area contributed by atoms with Crippen molar-refractivity contribution < 1.29 is 20.1 Å². The highest BCUT2D eigenvalue weighted by Gasteiger charge is 2.43. The van der Waals surface area contributed by atoms with Crippen LogP contribution in [0.15, 0.2) is 5.11 Å². The van der Waals surface area contributed by atoms with E-state index in [1.165, 1.54) is 0 Å². The minimum absolute atomic E-state index is 0.442. The summed E-state index contributed by atoms with van der Waals surface area (Å²) in [7, 11) is 5.25. The smallest absolute Gasteiger partial charge is 0.165 e. The Bertz CT molecular complexity index is 249. The predicted molar refractivity (Wildman–Crippen MR) is 54.0 cm³/mol. The third kappa shape index (κ3) is 2.57. The molecular formula is C6H10BN3O4S. The second-order valence-corrected chi connectivity index (χ2v) is 3.78. The molecule has 0 amide bonds. The number of hydrogen-bond donors (Lipinski definition) is 3. The van der Waals surface area contributed by atoms with Crippen LogP contribution in [0.1, 0.15) is 0 Å². The van der Waals surface area contributed by atoms with Gasteiger partial charge in [-0.25, -0.2) is 0 Å². The molecule has 2 radical (unpaired) electrons. The van der Waals surface area contributed by atoms with Crippen LogP contribution in [-0.4, -0.2) is 58.8 Å². The summed E-state index contributed by atoms with van der Waals surface area (Å²) in [6, 6.07) is -1.07. The molecule has 0 aromatic carbocycles. The lowest BCUT2D eigenvalue weighted by Gasteiger charge is -2.40. The van der Waals surface area contributed by atoms with E-state index in [-0.39, 0.29) is 0 Å². The van der Waals surface area contributed by atoms with Gasteiger partial charge in [-0.2, -0.15) is 11.6 Å². The highest BCUT2D eigenvalue weighted by atomic mass is 32.2. The number of ether oxygens (including phenoxy) is 1. The van der Waals surface area contributed by atoms with Crippen molar-refractivity contribution in [2.24, 2.45) is 5.11 Å². The van der Waals surface area contributed by atoms with Gasteiger partial charge in [0, 0.05) is 4.91 Å². The first-order chi connectivity index (χ1) is 7.15. The van der Waals surface area contributed by atoms with E-state index in [1.807, 2.05) is 0 Å². The monoisotopic (exact) mass is 231 g/mol. The number of aliphatic hydroxyl groups excluding tert-OH is 3. The van der Waals surface area contributed by atoms with Crippen molar-refractivity contribution in [3.05, 3.63) is 10.4 Å². The number of azide groups is 1. The fourth-order valence-corrected chi connectivity index (χ4v) is 1.90. The first-order valence-electron chi connectivity index (χ1n) is 4.18. The third-order valence-electron chi connectivity index (χ3n) is 2.17. The van der Waals surface area contributed by atoms with Crippen LogP contribution >= 0.6 is 11.6 Å². The summed E-state index contributed by atoms with van der Waals surface area (Å²) in [5, 5.41) is 31.4. The molecular weight excluding hydrogens is 221 g/mol. The molecule has 0 aromatic rings. The maximum absolute atomic E-state index is 9.61. The van der Waals surface area contributed by atoms with Crippen molar-refractivity contribution in [1.29, 1.82) is 0 Å². The summed E-state index contributed by atoms with van der Waals surface area (Å²) in [6.07, 6.45) is -3.36. The van der Waals surface area contributed by atoms with E-state index in [0.717, 1.165) is 11.6 Å². The SMILES string of the molecule is [B]S[C@H]1OC(CO)[C@H](O)C(N=[N+]=[N-])C1O. The van der Waals surface area contributed by atoms with Crippen LogP contribution in [0.4, 0.5) is 0 Å². The van der Waals surface area contributed by atoms with Crippen LogP contribution in [0.5, 0.6) is 0 Å². The van der Waals surface area contributed by atoms with Crippen LogP contribution < -0.4 is 0 Å². The van der Waals surface area contributed by atoms with E-state index in [2.05, 4.69) is 10.0 Å². The Balaban J connectivity index is 2.85. The average molecular weight is 231 g/mol. The Kier molecular flexibility index (Phi) is 4.71. The number of rotatable bonds is 3. The van der Waals surface area contributed by atoms with Crippen molar-refractivity contribution in [2.75, 3.05) is 6.61 Å². The molecule has 5 atom stereocenters. The molecule has 1 heterocycles. The van der Waals surface area contributed by atoms with Gasteiger partial charge in [-0.05, 0) is 5.53 Å². The molecule has 9 heteroatoms. The van der Waals surface area contributed by atoms with Gasteiger partial charge < -0.3 is 20.1 Å². The van der Waals surface area contributed by atoms with Gasteiger partial charge in [-0.15, -0.1) is 0 Å². The highest BCUT2D eigenvalue weighted by molar-refractivity contribution is 8.20. The molecule has 3 N–H and O–H groups in total. The van der Waals surface area contributed by atoms with E-state index in [9.17, 15) is 10.2 Å². The molecule has 1 rings (SSSR count). The lowest BCUT2D eigenvalue weighted by molar-refractivity contribution is -0.159. The normalized spacial score (nSPS) is 40.9. The van der Waals surface area contributed by atoms with Crippen molar-refractivity contribution in [3.63, 3.8) is 0 Å². The minimum atomic E-state index is -1.25. The molecule has 0 bridgehead atoms. The Morgan fingerprint density at radius 2 is 2.13 bits per heavy atom. The molecule has 0 saturated carbocycles. The summed E-state index contributed by atoms with van der Waals surface area (Å²) in [6.45, 7) is -0.442. The van der Waals surface area contributed by atoms with E-state index < -0.39 is 36.4 Å². The number of hydrogen-bond acceptors (Lipinski definition) is 6. The van der Waals surface area contributed by atoms with Gasteiger partial charge in [0.15, 0.2) is 7.12 Å². The summed E-state index contributed by atoms with van der Waals surface area (Å²) in [5.41, 5.74) is 7.43. The maximum Gasteiger partial charge on any atom is 0.165 e. The molecule has 0 aliphatic carbocycles. The molecule has 1 fully saturated rings. The molecule has 1 aliphatic rings. The lowest BCUT2D eigenvalue weighted by atomic mass is 9.98. The van der Waals surface area contributed by atoms with Crippen molar-refractivity contribution in [1.82, 2.24) is 0 Å². The van der Waals surface area contributed by atoms with Crippen LogP contribution in [0, 0.1) is 0 Å². The van der Waals surface area contributed by atoms with Gasteiger partial charge in [0.2, 0.25) is 0 Å². The highest BCUT2D eigenvalue weighted by Crippen LogP contribution is 2.28. The predicted octanol–water partition coefficient (Wildman–Crippen LogP) is -1.08. The molecule has 1 saturated heterocycles. The Labute approximate surface area is 91.4 Å². The van der Waals surface area contributed by atoms with E-state index in [4.69, 9.17) is 22.5 Å². The molecule has 3 unspecified atom stereocenters. The van der Waals surface area contributed by atoms with Gasteiger partial charge in [0.25, 0.3) is 0 Å². The number of aliphatic hydroxyl groups is 3. The summed E-state index contributed by atoms with van der Waals surface area (Å²) in [4.78, 5) is 2.52. The zero-order valence-electron chi connectivity index (χ0n) is 7.67. The standard InChI is InChI=1S/C6H10BN3O4S/c7-15-6-5(13)3(9-10-8)4(12)2(1-11)14-6/h2-6,11-13H,1H2/t2?,3?,4-,5?,6+/m0/s1. The van der Waals surface area contributed by atoms with Crippen LogP contribution in [0.2, 0.25) is 0 Å². The summed E-state index contributed by atoms with van der Waals surface area (Å²) in [5.74, 6) is 0. The van der Waals surface area contributed by atoms with Crippen molar-refractivity contribution in [3.8, 4) is 0 Å². The van der Waals surface area contributed by atoms with E-state index >= 15 is 0 Å². The minimum Gasteiger partial charge on any atom is -0.394 e. The fraction of sp³-hybridized carbons (Fsp3) is 1.00. The molecule has 1 aliphatic heterocycles. The van der Waals surface area contributed by atoms with Gasteiger partial charge in [0.05, 0.1) is 24.9 Å². The zero-order chi connectivity index (χ0) is 11.4. The van der Waals surface area contributed by atoms with Crippen LogP contribution in [-0.2, 0) is 4.74 Å². The quantitative estimate of drug-likeness (QED) is 0.247. The largest absolute Gasteiger partial charge is 0.394 e. The summed E-state index contributed by atoms with van der Waals surface area (Å²) >= 11 is 0.727. The molecule has 82 valence electrons. The topological polar surface area (TPSA) is 119 Å². The second-order valence-electron chi connectivity index (χ2n) is 3.04. The fourth-order valence-electron chi connectivity index (χ4n) is 1.38. The first-order valence-corrected chi connectivity index (χ1v) is 5.12. The third-order valence-corrected chi connectivity index (χ3v) is 2.83. The zero-order valence-corrected chi connectivity index (χ0v) is 8.49. The first kappa shape index (κ1) is 12.6. The number of nitrogens with zero attached hydrogens (tertiary/aromatic N) is 3. The average Bonchev–Trinajstić information content (AvgIpc) is 2.25. The summed E-state index contributed by atoms with van der Waals surface area (Å²) < 4.78 is 5.09. The van der Waals surface area contributed by atoms with E-state index in [0.29, 0.717) is 0 Å². The van der Waals surface area contributed by atoms with Gasteiger partial charge in [0.1, 0.15) is 11.5 Å². The van der Waals surface area contributed by atoms with Crippen molar-refractivity contribution >= 4 is 18.7 Å². The maximum atomic E-state index is 9.61. The molecule has 0 aromatic heterocycles.